The Morgan fingerprint density at radius 2 is 1.74 bits per heavy atom. The van der Waals surface area contributed by atoms with Gasteiger partial charge in [0, 0.05) is 81.1 Å². The number of hydrogen-bond donors (Lipinski definition) is 2. The van der Waals surface area contributed by atoms with Crippen LogP contribution in [0.4, 0.5) is 0 Å². The number of piperidine rings is 1. The standard InChI is InChI=1S/C25H36N4O2/c30-18-19-7-9-29(10-8-19)25(31)20-5-6-23-21(16-26-24(23)15-20)17-27-11-13-28(14-12-27)22-3-1-2-4-22/h5-6,15-16,19,22,26,30H,1-4,7-14,17-18H2. The molecule has 5 rings (SSSR count). The first-order valence-corrected chi connectivity index (χ1v) is 12.2. The van der Waals surface area contributed by atoms with Crippen LogP contribution in [0.3, 0.4) is 0 Å². The molecule has 0 unspecified atom stereocenters. The largest absolute Gasteiger partial charge is 0.396 e. The molecule has 3 heterocycles. The van der Waals surface area contributed by atoms with Crippen LogP contribution in [-0.2, 0) is 6.54 Å². The maximum Gasteiger partial charge on any atom is 0.253 e. The van der Waals surface area contributed by atoms with E-state index in [0.717, 1.165) is 62.7 Å². The van der Waals surface area contributed by atoms with Crippen LogP contribution in [0.1, 0.15) is 54.4 Å². The summed E-state index contributed by atoms with van der Waals surface area (Å²) in [6, 6.07) is 6.94. The number of fused-ring (bicyclic) bond motifs is 1. The second-order valence-corrected chi connectivity index (χ2v) is 9.74. The van der Waals surface area contributed by atoms with Crippen LogP contribution in [0.2, 0.25) is 0 Å². The lowest BCUT2D eigenvalue weighted by Crippen LogP contribution is -2.49. The quantitative estimate of drug-likeness (QED) is 0.774. The van der Waals surface area contributed by atoms with E-state index < -0.39 is 0 Å². The second kappa shape index (κ2) is 9.31. The molecule has 168 valence electrons. The van der Waals surface area contributed by atoms with Gasteiger partial charge >= 0.3 is 0 Å². The minimum absolute atomic E-state index is 0.109. The van der Waals surface area contributed by atoms with Crippen LogP contribution in [0, 0.1) is 5.92 Å². The van der Waals surface area contributed by atoms with E-state index in [0.29, 0.717) is 5.92 Å². The van der Waals surface area contributed by atoms with Gasteiger partial charge in [-0.3, -0.25) is 14.6 Å². The Morgan fingerprint density at radius 3 is 2.45 bits per heavy atom. The average Bonchev–Trinajstić information content (AvgIpc) is 3.50. The van der Waals surface area contributed by atoms with E-state index >= 15 is 0 Å². The minimum Gasteiger partial charge on any atom is -0.396 e. The molecule has 2 aromatic rings. The van der Waals surface area contributed by atoms with E-state index in [1.807, 2.05) is 17.0 Å². The summed E-state index contributed by atoms with van der Waals surface area (Å²) in [5.41, 5.74) is 3.14. The van der Waals surface area contributed by atoms with Crippen LogP contribution in [0.25, 0.3) is 10.9 Å². The number of hydrogen-bond acceptors (Lipinski definition) is 4. The van der Waals surface area contributed by atoms with E-state index in [4.69, 9.17) is 0 Å². The molecule has 0 atom stereocenters. The van der Waals surface area contributed by atoms with Gasteiger partial charge in [0.1, 0.15) is 0 Å². The molecular formula is C25H36N4O2. The van der Waals surface area contributed by atoms with Gasteiger partial charge < -0.3 is 15.0 Å². The highest BCUT2D eigenvalue weighted by molar-refractivity contribution is 5.98. The van der Waals surface area contributed by atoms with Gasteiger partial charge in [0.05, 0.1) is 0 Å². The summed E-state index contributed by atoms with van der Waals surface area (Å²) >= 11 is 0. The fourth-order valence-corrected chi connectivity index (χ4v) is 5.75. The Bertz CT molecular complexity index is 888. The van der Waals surface area contributed by atoms with Crippen molar-refractivity contribution in [3.8, 4) is 0 Å². The molecule has 1 aliphatic carbocycles. The van der Waals surface area contributed by atoms with Crippen LogP contribution < -0.4 is 0 Å². The van der Waals surface area contributed by atoms with Crippen LogP contribution >= 0.6 is 0 Å². The molecule has 1 amide bonds. The predicted octanol–water partition coefficient (Wildman–Crippen LogP) is 3.07. The van der Waals surface area contributed by atoms with E-state index in [2.05, 4.69) is 27.0 Å². The fraction of sp³-hybridized carbons (Fsp3) is 0.640. The summed E-state index contributed by atoms with van der Waals surface area (Å²) in [5, 5.41) is 10.6. The molecule has 6 heteroatoms. The molecule has 2 saturated heterocycles. The van der Waals surface area contributed by atoms with E-state index in [9.17, 15) is 9.90 Å². The number of carbonyl (C=O) groups is 1. The number of nitrogens with zero attached hydrogens (tertiary/aromatic N) is 3. The normalized spacial score (nSPS) is 22.5. The van der Waals surface area contributed by atoms with Gasteiger partial charge in [-0.25, -0.2) is 0 Å². The molecule has 1 saturated carbocycles. The van der Waals surface area contributed by atoms with E-state index in [1.165, 1.54) is 49.7 Å². The second-order valence-electron chi connectivity index (χ2n) is 9.74. The molecule has 31 heavy (non-hydrogen) atoms. The Labute approximate surface area is 185 Å². The van der Waals surface area contributed by atoms with Gasteiger partial charge in [-0.15, -0.1) is 0 Å². The van der Waals surface area contributed by atoms with Crippen molar-refractivity contribution in [3.05, 3.63) is 35.5 Å². The molecular weight excluding hydrogens is 388 g/mol. The average molecular weight is 425 g/mol. The highest BCUT2D eigenvalue weighted by Crippen LogP contribution is 2.26. The van der Waals surface area contributed by atoms with Gasteiger partial charge in [0.25, 0.3) is 5.91 Å². The number of amides is 1. The number of likely N-dealkylation sites (tertiary alicyclic amines) is 1. The number of piperazine rings is 1. The molecule has 2 N–H and O–H groups in total. The molecule has 0 bridgehead atoms. The minimum atomic E-state index is 0.109. The lowest BCUT2D eigenvalue weighted by Gasteiger charge is -2.38. The highest BCUT2D eigenvalue weighted by Gasteiger charge is 2.27. The van der Waals surface area contributed by atoms with Gasteiger partial charge in [-0.2, -0.15) is 0 Å². The van der Waals surface area contributed by atoms with Crippen LogP contribution in [0.15, 0.2) is 24.4 Å². The number of carbonyl (C=O) groups excluding carboxylic acids is 1. The highest BCUT2D eigenvalue weighted by atomic mass is 16.3. The zero-order valence-electron chi connectivity index (χ0n) is 18.6. The number of benzene rings is 1. The number of aliphatic hydroxyl groups is 1. The van der Waals surface area contributed by atoms with Gasteiger partial charge in [-0.1, -0.05) is 18.9 Å². The van der Waals surface area contributed by atoms with Crippen molar-refractivity contribution in [2.45, 2.75) is 51.1 Å². The van der Waals surface area contributed by atoms with Crippen molar-refractivity contribution < 1.29 is 9.90 Å². The molecule has 3 fully saturated rings. The number of aromatic nitrogens is 1. The van der Waals surface area contributed by atoms with Gasteiger partial charge in [0.15, 0.2) is 0 Å². The third kappa shape index (κ3) is 4.52. The summed E-state index contributed by atoms with van der Waals surface area (Å²) in [5.74, 6) is 0.454. The topological polar surface area (TPSA) is 62.8 Å². The van der Waals surface area contributed by atoms with Crippen LogP contribution in [-0.4, -0.2) is 82.6 Å². The van der Waals surface area contributed by atoms with E-state index in [-0.39, 0.29) is 12.5 Å². The van der Waals surface area contributed by atoms with Crippen LogP contribution in [0.5, 0.6) is 0 Å². The fourth-order valence-electron chi connectivity index (χ4n) is 5.75. The van der Waals surface area contributed by atoms with E-state index in [1.54, 1.807) is 0 Å². The predicted molar refractivity (Wildman–Crippen MR) is 123 cm³/mol. The summed E-state index contributed by atoms with van der Waals surface area (Å²) in [6.07, 6.45) is 9.51. The SMILES string of the molecule is O=C(c1ccc2c(CN3CCN(C4CCCC4)CC3)c[nH]c2c1)N1CCC(CO)CC1. The molecule has 6 nitrogen and oxygen atoms in total. The monoisotopic (exact) mass is 424 g/mol. The number of aliphatic hydroxyl groups excluding tert-OH is 1. The Morgan fingerprint density at radius 1 is 1.00 bits per heavy atom. The number of rotatable bonds is 5. The molecule has 0 radical (unpaired) electrons. The third-order valence-electron chi connectivity index (χ3n) is 7.82. The number of nitrogens with one attached hydrogen (secondary N) is 1. The molecule has 3 aliphatic rings. The Hall–Kier alpha value is -1.89. The molecule has 0 spiro atoms. The zero-order valence-corrected chi connectivity index (χ0v) is 18.6. The summed E-state index contributed by atoms with van der Waals surface area (Å²) in [4.78, 5) is 23.6. The molecule has 1 aromatic heterocycles. The Balaban J connectivity index is 1.20. The maximum atomic E-state index is 12.9. The lowest BCUT2D eigenvalue weighted by molar-refractivity contribution is 0.0651. The zero-order chi connectivity index (χ0) is 21.2. The van der Waals surface area contributed by atoms with Crippen molar-refractivity contribution in [2.24, 2.45) is 5.92 Å². The third-order valence-corrected chi connectivity index (χ3v) is 7.82. The molecule has 1 aromatic carbocycles. The summed E-state index contributed by atoms with van der Waals surface area (Å²) in [6.45, 7) is 7.36. The molecule has 2 aliphatic heterocycles. The van der Waals surface area contributed by atoms with Gasteiger partial charge in [-0.05, 0) is 49.3 Å². The summed E-state index contributed by atoms with van der Waals surface area (Å²) in [7, 11) is 0. The van der Waals surface area contributed by atoms with Gasteiger partial charge in [0.2, 0.25) is 0 Å². The first-order chi connectivity index (χ1) is 15.2. The van der Waals surface area contributed by atoms with Crippen molar-refractivity contribution >= 4 is 16.8 Å². The summed E-state index contributed by atoms with van der Waals surface area (Å²) < 4.78 is 0. The number of H-pyrrole nitrogens is 1. The van der Waals surface area contributed by atoms with Crippen molar-refractivity contribution in [2.75, 3.05) is 45.9 Å². The van der Waals surface area contributed by atoms with Crippen molar-refractivity contribution in [3.63, 3.8) is 0 Å². The lowest BCUT2D eigenvalue weighted by atomic mass is 9.97. The number of aromatic amines is 1. The first kappa shape index (κ1) is 21.0. The van der Waals surface area contributed by atoms with Crippen molar-refractivity contribution in [1.29, 1.82) is 0 Å². The van der Waals surface area contributed by atoms with Crippen molar-refractivity contribution in [1.82, 2.24) is 19.7 Å². The Kier molecular flexibility index (Phi) is 6.30. The smallest absolute Gasteiger partial charge is 0.253 e. The maximum absolute atomic E-state index is 12.9. The first-order valence-electron chi connectivity index (χ1n) is 12.2.